The summed E-state index contributed by atoms with van der Waals surface area (Å²) in [5.74, 6) is 0. The lowest BCUT2D eigenvalue weighted by Crippen LogP contribution is -2.15. The number of hydrogen-bond donors (Lipinski definition) is 0. The van der Waals surface area contributed by atoms with Crippen molar-refractivity contribution in [2.24, 2.45) is 0 Å². The second-order valence-corrected chi connectivity index (χ2v) is 10.1. The molecule has 0 fully saturated rings. The van der Waals surface area contributed by atoms with Gasteiger partial charge in [0, 0.05) is 34.1 Å². The van der Waals surface area contributed by atoms with Crippen LogP contribution >= 0.6 is 0 Å². The van der Waals surface area contributed by atoms with Gasteiger partial charge in [0.1, 0.15) is 0 Å². The molecule has 5 aromatic rings. The predicted octanol–water partition coefficient (Wildman–Crippen LogP) is 11.2. The molecule has 0 aromatic heterocycles. The first-order chi connectivity index (χ1) is 20.1. The maximum atomic E-state index is 3.95. The Balaban J connectivity index is 1.48. The molecule has 0 aliphatic heterocycles. The van der Waals surface area contributed by atoms with Crippen molar-refractivity contribution in [2.45, 2.75) is 20.8 Å². The highest BCUT2D eigenvalue weighted by Crippen LogP contribution is 2.37. The molecule has 0 N–H and O–H groups in total. The van der Waals surface area contributed by atoms with E-state index >= 15 is 0 Å². The third-order valence-electron chi connectivity index (χ3n) is 7.00. The number of benzene rings is 5. The lowest BCUT2D eigenvalue weighted by Gasteiger charge is -2.27. The molecule has 0 saturated heterocycles. The van der Waals surface area contributed by atoms with Crippen LogP contribution in [-0.2, 0) is 0 Å². The van der Waals surface area contributed by atoms with Gasteiger partial charge in [0.2, 0.25) is 0 Å². The smallest absolute Gasteiger partial charge is 0.0464 e. The van der Waals surface area contributed by atoms with E-state index in [1.807, 2.05) is 19.1 Å². The quantitative estimate of drug-likeness (QED) is 0.174. The molecule has 0 saturated carbocycles. The molecule has 0 unspecified atom stereocenters. The van der Waals surface area contributed by atoms with Gasteiger partial charge in [-0.1, -0.05) is 85.5 Å². The van der Waals surface area contributed by atoms with Crippen molar-refractivity contribution < 1.29 is 0 Å². The molecule has 41 heavy (non-hydrogen) atoms. The van der Waals surface area contributed by atoms with Gasteiger partial charge in [0.05, 0.1) is 0 Å². The summed E-state index contributed by atoms with van der Waals surface area (Å²) in [5.41, 5.74) is 11.5. The fourth-order valence-corrected chi connectivity index (χ4v) is 5.11. The van der Waals surface area contributed by atoms with Gasteiger partial charge in [-0.3, -0.25) is 0 Å². The zero-order valence-electron chi connectivity index (χ0n) is 24.0. The molecule has 0 heterocycles. The van der Waals surface area contributed by atoms with E-state index in [1.54, 1.807) is 0 Å². The zero-order valence-corrected chi connectivity index (χ0v) is 24.0. The normalized spacial score (nSPS) is 11.4. The second kappa shape index (κ2) is 12.8. The molecule has 0 radical (unpaired) electrons. The predicted molar refractivity (Wildman–Crippen MR) is 178 cm³/mol. The molecule has 0 spiro atoms. The van der Waals surface area contributed by atoms with Crippen LogP contribution < -0.4 is 9.80 Å². The van der Waals surface area contributed by atoms with E-state index in [0.29, 0.717) is 0 Å². The summed E-state index contributed by atoms with van der Waals surface area (Å²) in [6.45, 7) is 10.2. The Morgan fingerprint density at radius 1 is 0.561 bits per heavy atom. The Hall–Kier alpha value is -5.08. The average Bonchev–Trinajstić information content (AvgIpc) is 2.99. The molecule has 2 heteroatoms. The average molecular weight is 533 g/mol. The van der Waals surface area contributed by atoms with Gasteiger partial charge >= 0.3 is 0 Å². The van der Waals surface area contributed by atoms with Crippen molar-refractivity contribution in [1.82, 2.24) is 0 Å². The summed E-state index contributed by atoms with van der Waals surface area (Å²) in [6.07, 6.45) is 8.05. The fourth-order valence-electron chi connectivity index (χ4n) is 5.11. The van der Waals surface area contributed by atoms with Crippen molar-refractivity contribution in [2.75, 3.05) is 9.80 Å². The molecule has 202 valence electrons. The van der Waals surface area contributed by atoms with Crippen molar-refractivity contribution in [3.05, 3.63) is 175 Å². The third kappa shape index (κ3) is 6.40. The van der Waals surface area contributed by atoms with Crippen molar-refractivity contribution in [3.8, 4) is 11.1 Å². The summed E-state index contributed by atoms with van der Waals surface area (Å²) in [4.78, 5) is 4.56. The highest BCUT2D eigenvalue weighted by molar-refractivity contribution is 5.79. The number of allylic oxidation sites excluding steroid dienone is 4. The maximum absolute atomic E-state index is 3.95. The van der Waals surface area contributed by atoms with Crippen molar-refractivity contribution in [3.63, 3.8) is 0 Å². The number of rotatable bonds is 9. The highest BCUT2D eigenvalue weighted by atomic mass is 15.1. The number of anilines is 5. The molecule has 0 aliphatic rings. The molecule has 0 atom stereocenters. The van der Waals surface area contributed by atoms with Gasteiger partial charge in [0.25, 0.3) is 0 Å². The monoisotopic (exact) mass is 532 g/mol. The van der Waals surface area contributed by atoms with Gasteiger partial charge in [-0.25, -0.2) is 0 Å². The van der Waals surface area contributed by atoms with Gasteiger partial charge in [-0.2, -0.15) is 0 Å². The van der Waals surface area contributed by atoms with Crippen LogP contribution in [0.4, 0.5) is 28.4 Å². The van der Waals surface area contributed by atoms with E-state index in [-0.39, 0.29) is 0 Å². The fraction of sp³-hybridized carbons (Fsp3) is 0.0769. The standard InChI is InChI=1S/C39H36N2/c1-5-12-34(13-6-2)40(38-18-10-14-30(3)28-38)36-24-20-32(21-25-36)33-22-26-37(27-23-33)41(35-16-8-7-9-17-35)39-19-11-15-31(4)29-39/h5-29H,1H2,2-4H3/b13-6-,34-12+. The lowest BCUT2D eigenvalue weighted by atomic mass is 10.0. The lowest BCUT2D eigenvalue weighted by molar-refractivity contribution is 1.20. The number of aryl methyl sites for hydroxylation is 2. The van der Waals surface area contributed by atoms with Crippen LogP contribution in [0.2, 0.25) is 0 Å². The Kier molecular flexibility index (Phi) is 8.61. The van der Waals surface area contributed by atoms with Crippen molar-refractivity contribution >= 4 is 28.4 Å². The SMILES string of the molecule is C=C/C=C(\C=C/C)N(c1ccc(-c2ccc(N(c3ccccc3)c3cccc(C)c3)cc2)cc1)c1cccc(C)c1. The largest absolute Gasteiger partial charge is 0.311 e. The third-order valence-corrected chi connectivity index (χ3v) is 7.00. The first-order valence-electron chi connectivity index (χ1n) is 14.0. The summed E-state index contributed by atoms with van der Waals surface area (Å²) < 4.78 is 0. The molecular weight excluding hydrogens is 496 g/mol. The number of hydrogen-bond acceptors (Lipinski definition) is 2. The van der Waals surface area contributed by atoms with E-state index < -0.39 is 0 Å². The molecule has 5 aromatic carbocycles. The topological polar surface area (TPSA) is 6.48 Å². The first kappa shape index (κ1) is 27.5. The zero-order chi connectivity index (χ0) is 28.6. The number of para-hydroxylation sites is 1. The summed E-state index contributed by atoms with van der Waals surface area (Å²) in [5, 5.41) is 0. The summed E-state index contributed by atoms with van der Waals surface area (Å²) in [7, 11) is 0. The first-order valence-corrected chi connectivity index (χ1v) is 14.0. The van der Waals surface area contributed by atoms with Crippen molar-refractivity contribution in [1.29, 1.82) is 0 Å². The minimum atomic E-state index is 1.06. The summed E-state index contributed by atoms with van der Waals surface area (Å²) >= 11 is 0. The van der Waals surface area contributed by atoms with Crippen LogP contribution in [0.1, 0.15) is 18.1 Å². The van der Waals surface area contributed by atoms with Gasteiger partial charge in [0.15, 0.2) is 0 Å². The van der Waals surface area contributed by atoms with E-state index in [4.69, 9.17) is 0 Å². The molecule has 0 bridgehead atoms. The van der Waals surface area contributed by atoms with Crippen LogP contribution in [-0.4, -0.2) is 0 Å². The Labute approximate surface area is 244 Å². The Morgan fingerprint density at radius 2 is 1.07 bits per heavy atom. The highest BCUT2D eigenvalue weighted by Gasteiger charge is 2.15. The molecular formula is C39H36N2. The van der Waals surface area contributed by atoms with Gasteiger partial charge < -0.3 is 9.80 Å². The molecule has 2 nitrogen and oxygen atoms in total. The minimum Gasteiger partial charge on any atom is -0.311 e. The number of nitrogens with zero attached hydrogens (tertiary/aromatic N) is 2. The van der Waals surface area contributed by atoms with E-state index in [1.165, 1.54) is 22.3 Å². The minimum absolute atomic E-state index is 1.06. The van der Waals surface area contributed by atoms with Gasteiger partial charge in [-0.05, 0) is 116 Å². The molecule has 5 rings (SSSR count). The van der Waals surface area contributed by atoms with Crippen LogP contribution in [0.15, 0.2) is 164 Å². The second-order valence-electron chi connectivity index (χ2n) is 10.1. The van der Waals surface area contributed by atoms with E-state index in [2.05, 4.69) is 170 Å². The Bertz CT molecular complexity index is 1660. The van der Waals surface area contributed by atoms with E-state index in [9.17, 15) is 0 Å². The summed E-state index contributed by atoms with van der Waals surface area (Å²) in [6, 6.07) is 45.3. The van der Waals surface area contributed by atoms with Gasteiger partial charge in [-0.15, -0.1) is 0 Å². The van der Waals surface area contributed by atoms with Crippen LogP contribution in [0, 0.1) is 13.8 Å². The Morgan fingerprint density at radius 3 is 1.63 bits per heavy atom. The molecule has 0 amide bonds. The molecule has 0 aliphatic carbocycles. The van der Waals surface area contributed by atoms with Crippen LogP contribution in [0.3, 0.4) is 0 Å². The van der Waals surface area contributed by atoms with E-state index in [0.717, 1.165) is 34.1 Å². The van der Waals surface area contributed by atoms with Crippen LogP contribution in [0.5, 0.6) is 0 Å². The van der Waals surface area contributed by atoms with Crippen LogP contribution in [0.25, 0.3) is 11.1 Å². The maximum Gasteiger partial charge on any atom is 0.0464 e.